The zero-order chi connectivity index (χ0) is 13.1. The first-order valence-corrected chi connectivity index (χ1v) is 6.46. The van der Waals surface area contributed by atoms with E-state index >= 15 is 0 Å². The van der Waals surface area contributed by atoms with E-state index in [9.17, 15) is 4.79 Å². The van der Waals surface area contributed by atoms with E-state index in [4.69, 9.17) is 16.3 Å². The van der Waals surface area contributed by atoms with Crippen LogP contribution in [0.15, 0.2) is 40.9 Å². The predicted octanol–water partition coefficient (Wildman–Crippen LogP) is 5.02. The summed E-state index contributed by atoms with van der Waals surface area (Å²) < 4.78 is 6.72. The summed E-state index contributed by atoms with van der Waals surface area (Å²) in [7, 11) is 0. The third kappa shape index (κ3) is 2.92. The summed E-state index contributed by atoms with van der Waals surface area (Å²) in [5, 5.41) is 0.511. The van der Waals surface area contributed by atoms with Gasteiger partial charge in [-0.25, -0.2) is 0 Å². The van der Waals surface area contributed by atoms with Crippen molar-refractivity contribution in [3.8, 4) is 11.5 Å². The van der Waals surface area contributed by atoms with Crippen LogP contribution < -0.4 is 4.74 Å². The highest BCUT2D eigenvalue weighted by Crippen LogP contribution is 2.30. The van der Waals surface area contributed by atoms with Crippen molar-refractivity contribution < 1.29 is 9.53 Å². The van der Waals surface area contributed by atoms with E-state index in [1.807, 2.05) is 25.1 Å². The topological polar surface area (TPSA) is 26.3 Å². The van der Waals surface area contributed by atoms with Gasteiger partial charge in [0.15, 0.2) is 6.29 Å². The Kier molecular flexibility index (Phi) is 4.04. The van der Waals surface area contributed by atoms with Gasteiger partial charge in [-0.15, -0.1) is 0 Å². The maximum absolute atomic E-state index is 11.0. The highest BCUT2D eigenvalue weighted by molar-refractivity contribution is 9.10. The van der Waals surface area contributed by atoms with E-state index in [0.29, 0.717) is 22.1 Å². The summed E-state index contributed by atoms with van der Waals surface area (Å²) in [4.78, 5) is 11.0. The molecule has 0 N–H and O–H groups in total. The molecule has 0 aromatic heterocycles. The van der Waals surface area contributed by atoms with E-state index in [2.05, 4.69) is 15.9 Å². The zero-order valence-electron chi connectivity index (χ0n) is 9.61. The van der Waals surface area contributed by atoms with Crippen molar-refractivity contribution in [2.24, 2.45) is 0 Å². The molecule has 2 aromatic rings. The van der Waals surface area contributed by atoms with Crippen LogP contribution in [0.1, 0.15) is 15.9 Å². The van der Waals surface area contributed by atoms with Gasteiger partial charge < -0.3 is 4.74 Å². The lowest BCUT2D eigenvalue weighted by atomic mass is 10.2. The number of benzene rings is 2. The van der Waals surface area contributed by atoms with Gasteiger partial charge in [0.25, 0.3) is 0 Å². The molecule has 92 valence electrons. The van der Waals surface area contributed by atoms with Gasteiger partial charge in [0.1, 0.15) is 11.5 Å². The second-order valence-corrected chi connectivity index (χ2v) is 5.16. The first kappa shape index (κ1) is 13.1. The summed E-state index contributed by atoms with van der Waals surface area (Å²) >= 11 is 9.22. The first-order chi connectivity index (χ1) is 8.60. The number of aldehydes is 1. The van der Waals surface area contributed by atoms with Crippen molar-refractivity contribution >= 4 is 33.8 Å². The minimum absolute atomic E-state index is 0.435. The van der Waals surface area contributed by atoms with Crippen molar-refractivity contribution in [3.63, 3.8) is 0 Å². The van der Waals surface area contributed by atoms with E-state index in [1.54, 1.807) is 18.2 Å². The average molecular weight is 326 g/mol. The van der Waals surface area contributed by atoms with Gasteiger partial charge in [-0.05, 0) is 48.9 Å². The van der Waals surface area contributed by atoms with Gasteiger partial charge in [-0.3, -0.25) is 4.79 Å². The van der Waals surface area contributed by atoms with Gasteiger partial charge in [-0.2, -0.15) is 0 Å². The SMILES string of the molecule is Cc1cc(Br)ccc1Oc1ccc(Cl)cc1C=O. The largest absolute Gasteiger partial charge is 0.456 e. The molecule has 0 spiro atoms. The van der Waals surface area contributed by atoms with Gasteiger partial charge in [0.2, 0.25) is 0 Å². The molecule has 2 aromatic carbocycles. The Morgan fingerprint density at radius 1 is 1.17 bits per heavy atom. The molecule has 0 aliphatic rings. The normalized spacial score (nSPS) is 10.2. The molecule has 0 saturated heterocycles. The van der Waals surface area contributed by atoms with Crippen LogP contribution in [0.3, 0.4) is 0 Å². The molecule has 18 heavy (non-hydrogen) atoms. The van der Waals surface area contributed by atoms with Crippen molar-refractivity contribution in [3.05, 3.63) is 57.0 Å². The molecule has 0 radical (unpaired) electrons. The third-order valence-electron chi connectivity index (χ3n) is 2.46. The molecule has 2 nitrogen and oxygen atoms in total. The van der Waals surface area contributed by atoms with Crippen LogP contribution in [-0.2, 0) is 0 Å². The maximum atomic E-state index is 11.0. The molecule has 0 unspecified atom stereocenters. The number of hydrogen-bond donors (Lipinski definition) is 0. The van der Waals surface area contributed by atoms with Crippen molar-refractivity contribution in [1.82, 2.24) is 0 Å². The molecule has 0 aliphatic carbocycles. The molecule has 0 atom stereocenters. The fourth-order valence-electron chi connectivity index (χ4n) is 1.55. The van der Waals surface area contributed by atoms with Crippen LogP contribution in [0.2, 0.25) is 5.02 Å². The number of carbonyl (C=O) groups is 1. The molecule has 0 saturated carbocycles. The number of carbonyl (C=O) groups excluding carboxylic acids is 1. The number of hydrogen-bond acceptors (Lipinski definition) is 2. The van der Waals surface area contributed by atoms with Gasteiger partial charge in [0.05, 0.1) is 5.56 Å². The Bertz CT molecular complexity index is 596. The second-order valence-electron chi connectivity index (χ2n) is 3.81. The number of halogens is 2. The molecule has 0 heterocycles. The number of ether oxygens (including phenoxy) is 1. The minimum Gasteiger partial charge on any atom is -0.456 e. The standard InChI is InChI=1S/C14H10BrClO2/c1-9-6-11(15)2-4-13(9)18-14-5-3-12(16)7-10(14)8-17/h2-8H,1H3. The van der Waals surface area contributed by atoms with Crippen LogP contribution in [0.5, 0.6) is 11.5 Å². The second kappa shape index (κ2) is 5.55. The molecule has 0 amide bonds. The van der Waals surface area contributed by atoms with Crippen LogP contribution >= 0.6 is 27.5 Å². The third-order valence-corrected chi connectivity index (χ3v) is 3.18. The fraction of sp³-hybridized carbons (Fsp3) is 0.0714. The summed E-state index contributed by atoms with van der Waals surface area (Å²) in [5.74, 6) is 1.21. The molecule has 2 rings (SSSR count). The average Bonchev–Trinajstić information content (AvgIpc) is 2.34. The molecule has 0 fully saturated rings. The van der Waals surface area contributed by atoms with Gasteiger partial charge in [-0.1, -0.05) is 27.5 Å². The van der Waals surface area contributed by atoms with E-state index < -0.39 is 0 Å². The highest BCUT2D eigenvalue weighted by atomic mass is 79.9. The van der Waals surface area contributed by atoms with Crippen LogP contribution in [0.4, 0.5) is 0 Å². The van der Waals surface area contributed by atoms with Crippen LogP contribution in [-0.4, -0.2) is 6.29 Å². The Morgan fingerprint density at radius 2 is 1.89 bits per heavy atom. The summed E-state index contributed by atoms with van der Waals surface area (Å²) in [6.07, 6.45) is 0.732. The summed E-state index contributed by atoms with van der Waals surface area (Å²) in [6.45, 7) is 1.94. The smallest absolute Gasteiger partial charge is 0.153 e. The van der Waals surface area contributed by atoms with Crippen LogP contribution in [0.25, 0.3) is 0 Å². The summed E-state index contributed by atoms with van der Waals surface area (Å²) in [6, 6.07) is 10.6. The molecular formula is C14H10BrClO2. The Morgan fingerprint density at radius 3 is 2.56 bits per heavy atom. The zero-order valence-corrected chi connectivity index (χ0v) is 12.0. The Labute approximate surface area is 119 Å². The lowest BCUT2D eigenvalue weighted by Crippen LogP contribution is -1.92. The van der Waals surface area contributed by atoms with E-state index in [-0.39, 0.29) is 0 Å². The minimum atomic E-state index is 0.435. The predicted molar refractivity (Wildman–Crippen MR) is 75.8 cm³/mol. The summed E-state index contributed by atoms with van der Waals surface area (Å²) in [5.41, 5.74) is 1.42. The van der Waals surface area contributed by atoms with Crippen molar-refractivity contribution in [1.29, 1.82) is 0 Å². The van der Waals surface area contributed by atoms with Gasteiger partial charge in [0, 0.05) is 9.50 Å². The molecule has 0 aliphatic heterocycles. The lowest BCUT2D eigenvalue weighted by molar-refractivity contribution is 0.112. The highest BCUT2D eigenvalue weighted by Gasteiger charge is 2.07. The number of aryl methyl sites for hydroxylation is 1. The lowest BCUT2D eigenvalue weighted by Gasteiger charge is -2.10. The van der Waals surface area contributed by atoms with E-state index in [0.717, 1.165) is 16.3 Å². The molecule has 4 heteroatoms. The molecular weight excluding hydrogens is 316 g/mol. The molecule has 0 bridgehead atoms. The van der Waals surface area contributed by atoms with Crippen molar-refractivity contribution in [2.45, 2.75) is 6.92 Å². The first-order valence-electron chi connectivity index (χ1n) is 5.29. The Balaban J connectivity index is 2.36. The maximum Gasteiger partial charge on any atom is 0.153 e. The monoisotopic (exact) mass is 324 g/mol. The quantitative estimate of drug-likeness (QED) is 0.741. The van der Waals surface area contributed by atoms with Gasteiger partial charge >= 0.3 is 0 Å². The van der Waals surface area contributed by atoms with Crippen LogP contribution in [0, 0.1) is 6.92 Å². The fourth-order valence-corrected chi connectivity index (χ4v) is 2.21. The Hall–Kier alpha value is -1.32. The number of rotatable bonds is 3. The van der Waals surface area contributed by atoms with Crippen molar-refractivity contribution in [2.75, 3.05) is 0 Å². The van der Waals surface area contributed by atoms with E-state index in [1.165, 1.54) is 0 Å².